The van der Waals surface area contributed by atoms with Crippen molar-refractivity contribution >= 4 is 18.2 Å². The molecule has 0 spiro atoms. The van der Waals surface area contributed by atoms with Crippen LogP contribution in [-0.4, -0.2) is 20.4 Å². The minimum Gasteiger partial charge on any atom is -0.392 e. The number of hydrogen-bond acceptors (Lipinski definition) is 3. The molecule has 0 amide bonds. The largest absolute Gasteiger partial charge is 0.392 e. The second-order valence-corrected chi connectivity index (χ2v) is 4.25. The molecule has 1 aromatic carbocycles. The van der Waals surface area contributed by atoms with E-state index in [0.29, 0.717) is 13.0 Å². The number of aliphatic hydroxyl groups is 1. The van der Waals surface area contributed by atoms with Crippen LogP contribution >= 0.6 is 12.4 Å². The molecular weight excluding hydrogens is 264 g/mol. The summed E-state index contributed by atoms with van der Waals surface area (Å²) in [4.78, 5) is 15.6. The van der Waals surface area contributed by atoms with Crippen LogP contribution in [0.15, 0.2) is 43.0 Å². The van der Waals surface area contributed by atoms with Crippen LogP contribution in [-0.2, 0) is 24.4 Å². The van der Waals surface area contributed by atoms with E-state index in [0.717, 1.165) is 17.5 Å². The van der Waals surface area contributed by atoms with Crippen LogP contribution in [0.5, 0.6) is 0 Å². The highest BCUT2D eigenvalue weighted by molar-refractivity contribution is 5.85. The van der Waals surface area contributed by atoms with Crippen LogP contribution in [0.4, 0.5) is 0 Å². The number of carbonyl (C=O) groups excluding carboxylic acids is 1. The zero-order valence-corrected chi connectivity index (χ0v) is 11.3. The molecule has 102 valence electrons. The Hall–Kier alpha value is -1.65. The van der Waals surface area contributed by atoms with E-state index < -0.39 is 0 Å². The van der Waals surface area contributed by atoms with Gasteiger partial charge >= 0.3 is 0 Å². The first-order valence-electron chi connectivity index (χ1n) is 5.94. The van der Waals surface area contributed by atoms with Gasteiger partial charge in [0, 0.05) is 18.8 Å². The average molecular weight is 281 g/mol. The summed E-state index contributed by atoms with van der Waals surface area (Å²) in [7, 11) is 0. The van der Waals surface area contributed by atoms with E-state index in [1.165, 1.54) is 0 Å². The van der Waals surface area contributed by atoms with Crippen molar-refractivity contribution < 1.29 is 9.90 Å². The number of hydrogen-bond donors (Lipinski definition) is 1. The molecule has 4 nitrogen and oxygen atoms in total. The Kier molecular flexibility index (Phi) is 6.25. The Morgan fingerprint density at radius 1 is 1.21 bits per heavy atom. The Labute approximate surface area is 118 Å². The van der Waals surface area contributed by atoms with E-state index in [4.69, 9.17) is 5.11 Å². The van der Waals surface area contributed by atoms with Crippen molar-refractivity contribution in [3.63, 3.8) is 0 Å². The molecule has 1 N–H and O–H groups in total. The number of aliphatic hydroxyl groups excluding tert-OH is 1. The lowest BCUT2D eigenvalue weighted by Crippen LogP contribution is -2.09. The van der Waals surface area contributed by atoms with Crippen LogP contribution < -0.4 is 0 Å². The van der Waals surface area contributed by atoms with Crippen LogP contribution in [0.2, 0.25) is 0 Å². The molecule has 2 aromatic rings. The SMILES string of the molecule is Cl.O=C(CCc1ccc(CO)cc1)Cn1ccnc1. The van der Waals surface area contributed by atoms with E-state index >= 15 is 0 Å². The molecule has 1 heterocycles. The Morgan fingerprint density at radius 2 is 1.89 bits per heavy atom. The summed E-state index contributed by atoms with van der Waals surface area (Å²) < 4.78 is 1.77. The molecule has 1 aromatic heterocycles. The van der Waals surface area contributed by atoms with E-state index in [1.54, 1.807) is 23.3 Å². The van der Waals surface area contributed by atoms with Gasteiger partial charge in [0.25, 0.3) is 0 Å². The number of halogens is 1. The molecule has 0 atom stereocenters. The minimum atomic E-state index is 0. The van der Waals surface area contributed by atoms with E-state index in [2.05, 4.69) is 4.98 Å². The summed E-state index contributed by atoms with van der Waals surface area (Å²) >= 11 is 0. The van der Waals surface area contributed by atoms with Gasteiger partial charge in [-0.1, -0.05) is 24.3 Å². The van der Waals surface area contributed by atoms with Crippen molar-refractivity contribution in [2.24, 2.45) is 0 Å². The first-order valence-corrected chi connectivity index (χ1v) is 5.94. The molecular formula is C14H17ClN2O2. The number of nitrogens with zero attached hydrogens (tertiary/aromatic N) is 2. The zero-order chi connectivity index (χ0) is 12.8. The van der Waals surface area contributed by atoms with Crippen molar-refractivity contribution in [3.8, 4) is 0 Å². The fourth-order valence-electron chi connectivity index (χ4n) is 1.76. The lowest BCUT2D eigenvalue weighted by Gasteiger charge is -2.03. The van der Waals surface area contributed by atoms with Gasteiger partial charge in [-0.2, -0.15) is 0 Å². The molecule has 2 rings (SSSR count). The van der Waals surface area contributed by atoms with Crippen LogP contribution in [0.3, 0.4) is 0 Å². The Morgan fingerprint density at radius 3 is 2.47 bits per heavy atom. The molecule has 0 unspecified atom stereocenters. The lowest BCUT2D eigenvalue weighted by atomic mass is 10.1. The maximum absolute atomic E-state index is 11.7. The molecule has 19 heavy (non-hydrogen) atoms. The van der Waals surface area contributed by atoms with Crippen molar-refractivity contribution in [2.45, 2.75) is 26.0 Å². The number of Topliss-reactive ketones (excluding diaryl/α,β-unsaturated/α-hetero) is 1. The monoisotopic (exact) mass is 280 g/mol. The summed E-state index contributed by atoms with van der Waals surface area (Å²) in [5.41, 5.74) is 2.01. The van der Waals surface area contributed by atoms with Gasteiger partial charge in [-0.15, -0.1) is 12.4 Å². The fourth-order valence-corrected chi connectivity index (χ4v) is 1.76. The van der Waals surface area contributed by atoms with Crippen molar-refractivity contribution in [1.82, 2.24) is 9.55 Å². The summed E-state index contributed by atoms with van der Waals surface area (Å²) in [5, 5.41) is 8.93. The number of imidazole rings is 1. The van der Waals surface area contributed by atoms with Crippen molar-refractivity contribution in [1.29, 1.82) is 0 Å². The number of aromatic nitrogens is 2. The van der Waals surface area contributed by atoms with Gasteiger partial charge in [0.1, 0.15) is 0 Å². The number of carbonyl (C=O) groups is 1. The van der Waals surface area contributed by atoms with Gasteiger partial charge < -0.3 is 9.67 Å². The third-order valence-electron chi connectivity index (χ3n) is 2.82. The predicted octanol–water partition coefficient (Wildman–Crippen LogP) is 2.00. The van der Waals surface area contributed by atoms with Crippen molar-refractivity contribution in [3.05, 3.63) is 54.1 Å². The topological polar surface area (TPSA) is 55.1 Å². The minimum absolute atomic E-state index is 0. The smallest absolute Gasteiger partial charge is 0.152 e. The van der Waals surface area contributed by atoms with Crippen molar-refractivity contribution in [2.75, 3.05) is 0 Å². The first kappa shape index (κ1) is 15.4. The molecule has 0 fully saturated rings. The summed E-state index contributed by atoms with van der Waals surface area (Å²) in [5.74, 6) is 0.194. The summed E-state index contributed by atoms with van der Waals surface area (Å²) in [6.45, 7) is 0.439. The van der Waals surface area contributed by atoms with Crippen LogP contribution in [0.25, 0.3) is 0 Å². The third kappa shape index (κ3) is 4.85. The highest BCUT2D eigenvalue weighted by Gasteiger charge is 2.03. The Bertz CT molecular complexity index is 495. The van der Waals surface area contributed by atoms with Gasteiger partial charge in [-0.05, 0) is 17.5 Å². The van der Waals surface area contributed by atoms with Crippen LogP contribution in [0, 0.1) is 0 Å². The quantitative estimate of drug-likeness (QED) is 0.880. The fraction of sp³-hybridized carbons (Fsp3) is 0.286. The summed E-state index contributed by atoms with van der Waals surface area (Å²) in [6, 6.07) is 7.68. The normalized spacial score (nSPS) is 9.95. The van der Waals surface area contributed by atoms with E-state index in [9.17, 15) is 4.79 Å². The van der Waals surface area contributed by atoms with E-state index in [1.807, 2.05) is 24.3 Å². The number of benzene rings is 1. The van der Waals surface area contributed by atoms with Gasteiger partial charge in [0.05, 0.1) is 19.5 Å². The standard InChI is InChI=1S/C14H16N2O2.ClH/c17-10-13-3-1-12(2-4-13)5-6-14(18)9-16-8-7-15-11-16;/h1-4,7-8,11,17H,5-6,9-10H2;1H. The highest BCUT2D eigenvalue weighted by Crippen LogP contribution is 2.07. The molecule has 0 aliphatic heterocycles. The van der Waals surface area contributed by atoms with Gasteiger partial charge in [-0.3, -0.25) is 4.79 Å². The number of aryl methyl sites for hydroxylation is 1. The van der Waals surface area contributed by atoms with Gasteiger partial charge in [0.15, 0.2) is 5.78 Å². The molecule has 5 heteroatoms. The zero-order valence-electron chi connectivity index (χ0n) is 10.5. The number of ketones is 1. The molecule has 0 bridgehead atoms. The Balaban J connectivity index is 0.00000180. The van der Waals surface area contributed by atoms with E-state index in [-0.39, 0.29) is 24.8 Å². The lowest BCUT2D eigenvalue weighted by molar-refractivity contribution is -0.119. The summed E-state index contributed by atoms with van der Waals surface area (Å²) in [6.07, 6.45) is 6.36. The second-order valence-electron chi connectivity index (χ2n) is 4.25. The molecule has 0 saturated heterocycles. The van der Waals surface area contributed by atoms with Gasteiger partial charge in [0.2, 0.25) is 0 Å². The average Bonchev–Trinajstić information content (AvgIpc) is 2.90. The maximum Gasteiger partial charge on any atom is 0.152 e. The maximum atomic E-state index is 11.7. The predicted molar refractivity (Wildman–Crippen MR) is 75.2 cm³/mol. The molecule has 0 saturated carbocycles. The highest BCUT2D eigenvalue weighted by atomic mass is 35.5. The molecule has 0 aliphatic rings. The second kappa shape index (κ2) is 7.71. The van der Waals surface area contributed by atoms with Gasteiger partial charge in [-0.25, -0.2) is 4.98 Å². The molecule has 0 aliphatic carbocycles. The first-order chi connectivity index (χ1) is 8.78. The molecule has 0 radical (unpaired) electrons. The third-order valence-corrected chi connectivity index (χ3v) is 2.82. The number of rotatable bonds is 6. The van der Waals surface area contributed by atoms with Crippen LogP contribution in [0.1, 0.15) is 17.5 Å².